The molecule has 2 aromatic rings. The Kier molecular flexibility index (Phi) is 12.7. The van der Waals surface area contributed by atoms with Gasteiger partial charge >= 0.3 is 6.09 Å². The van der Waals surface area contributed by atoms with Crippen molar-refractivity contribution in [2.45, 2.75) is 106 Å². The first-order valence-corrected chi connectivity index (χ1v) is 14.5. The van der Waals surface area contributed by atoms with Crippen molar-refractivity contribution in [3.8, 4) is 0 Å². The summed E-state index contributed by atoms with van der Waals surface area (Å²) in [6, 6.07) is 10.9. The molecule has 0 saturated carbocycles. The summed E-state index contributed by atoms with van der Waals surface area (Å²) in [6.07, 6.45) is 5.64. The van der Waals surface area contributed by atoms with E-state index < -0.39 is 17.7 Å². The maximum atomic E-state index is 14.1. The van der Waals surface area contributed by atoms with Crippen LogP contribution in [0.2, 0.25) is 0 Å². The Morgan fingerprint density at radius 2 is 1.43 bits per heavy atom. The molecule has 7 heteroatoms. The van der Waals surface area contributed by atoms with E-state index in [0.29, 0.717) is 6.54 Å². The van der Waals surface area contributed by atoms with Gasteiger partial charge in [0.2, 0.25) is 5.91 Å². The number of nitrogens with one attached hydrogen (secondary N) is 2. The highest BCUT2D eigenvalue weighted by Crippen LogP contribution is 2.30. The summed E-state index contributed by atoms with van der Waals surface area (Å²) in [5.74, 6) is -0.607. The number of aryl methyl sites for hydroxylation is 3. The maximum Gasteiger partial charge on any atom is 0.408 e. The summed E-state index contributed by atoms with van der Waals surface area (Å²) >= 11 is 0. The van der Waals surface area contributed by atoms with Crippen molar-refractivity contribution < 1.29 is 19.1 Å². The number of rotatable bonds is 13. The van der Waals surface area contributed by atoms with Crippen LogP contribution in [0.25, 0.3) is 0 Å². The molecular weight excluding hydrogens is 502 g/mol. The van der Waals surface area contributed by atoms with Crippen molar-refractivity contribution in [1.29, 1.82) is 0 Å². The van der Waals surface area contributed by atoms with Gasteiger partial charge in [-0.05, 0) is 82.7 Å². The lowest BCUT2D eigenvalue weighted by atomic mass is 9.95. The lowest BCUT2D eigenvalue weighted by molar-refractivity contribution is -0.138. The van der Waals surface area contributed by atoms with Gasteiger partial charge < -0.3 is 20.3 Å². The van der Waals surface area contributed by atoms with E-state index in [4.69, 9.17) is 4.74 Å². The van der Waals surface area contributed by atoms with Gasteiger partial charge in [-0.25, -0.2) is 4.79 Å². The molecule has 0 aromatic heterocycles. The van der Waals surface area contributed by atoms with Gasteiger partial charge in [-0.1, -0.05) is 75.4 Å². The molecule has 0 aliphatic heterocycles. The third kappa shape index (κ3) is 10.00. The molecule has 1 atom stereocenters. The summed E-state index contributed by atoms with van der Waals surface area (Å²) in [5, 5.41) is 5.72. The number of alkyl carbamates (subject to hydrolysis) is 1. The number of hydrogen-bond donors (Lipinski definition) is 2. The second kappa shape index (κ2) is 15.4. The number of benzene rings is 2. The van der Waals surface area contributed by atoms with Crippen LogP contribution in [0.15, 0.2) is 36.4 Å². The van der Waals surface area contributed by atoms with Crippen LogP contribution in [0.3, 0.4) is 0 Å². The SMILES string of the molecule is CCCCCCCCN(C(=O)CNC(=O)OC(C)(C)C)C(C(=O)Nc1c(C)cccc1C)c1cccc(C)c1C. The Hall–Kier alpha value is -3.35. The first-order valence-electron chi connectivity index (χ1n) is 14.5. The van der Waals surface area contributed by atoms with Crippen LogP contribution in [-0.2, 0) is 14.3 Å². The lowest BCUT2D eigenvalue weighted by Gasteiger charge is -2.33. The van der Waals surface area contributed by atoms with Gasteiger partial charge in [-0.15, -0.1) is 0 Å². The van der Waals surface area contributed by atoms with E-state index in [1.54, 1.807) is 25.7 Å². The quantitative estimate of drug-likeness (QED) is 0.255. The molecule has 7 nitrogen and oxygen atoms in total. The highest BCUT2D eigenvalue weighted by Gasteiger charge is 2.33. The summed E-state index contributed by atoms with van der Waals surface area (Å²) in [5.41, 5.74) is 4.76. The first kappa shape index (κ1) is 32.9. The number of amides is 3. The molecule has 0 fully saturated rings. The fourth-order valence-corrected chi connectivity index (χ4v) is 4.75. The Bertz CT molecular complexity index is 1130. The van der Waals surface area contributed by atoms with Crippen LogP contribution in [0, 0.1) is 27.7 Å². The predicted molar refractivity (Wildman–Crippen MR) is 163 cm³/mol. The van der Waals surface area contributed by atoms with Crippen LogP contribution in [-0.4, -0.2) is 41.5 Å². The van der Waals surface area contributed by atoms with Crippen LogP contribution in [0.5, 0.6) is 0 Å². The van der Waals surface area contributed by atoms with Crippen molar-refractivity contribution >= 4 is 23.6 Å². The Morgan fingerprint density at radius 1 is 0.850 bits per heavy atom. The largest absolute Gasteiger partial charge is 0.444 e. The molecule has 40 heavy (non-hydrogen) atoms. The molecule has 0 saturated heterocycles. The topological polar surface area (TPSA) is 87.7 Å². The third-order valence-electron chi connectivity index (χ3n) is 7.09. The zero-order chi connectivity index (χ0) is 29.9. The highest BCUT2D eigenvalue weighted by molar-refractivity contribution is 5.99. The van der Waals surface area contributed by atoms with E-state index in [2.05, 4.69) is 17.6 Å². The maximum absolute atomic E-state index is 14.1. The second-order valence-corrected chi connectivity index (χ2v) is 11.7. The van der Waals surface area contributed by atoms with E-state index in [9.17, 15) is 14.4 Å². The van der Waals surface area contributed by atoms with Crippen LogP contribution in [0.1, 0.15) is 100 Å². The van der Waals surface area contributed by atoms with Crippen LogP contribution < -0.4 is 10.6 Å². The van der Waals surface area contributed by atoms with Gasteiger partial charge in [-0.2, -0.15) is 0 Å². The minimum Gasteiger partial charge on any atom is -0.444 e. The summed E-state index contributed by atoms with van der Waals surface area (Å²) in [4.78, 5) is 41.8. The van der Waals surface area contributed by atoms with Gasteiger partial charge in [0.1, 0.15) is 18.2 Å². The number of ether oxygens (including phenoxy) is 1. The number of para-hydroxylation sites is 1. The zero-order valence-electron chi connectivity index (χ0n) is 25.8. The van der Waals surface area contributed by atoms with Gasteiger partial charge in [0.15, 0.2) is 0 Å². The van der Waals surface area contributed by atoms with Crippen molar-refractivity contribution in [3.63, 3.8) is 0 Å². The average Bonchev–Trinajstić information content (AvgIpc) is 2.87. The molecule has 0 aliphatic carbocycles. The molecule has 1 unspecified atom stereocenters. The molecule has 3 amide bonds. The molecule has 2 rings (SSSR count). The van der Waals surface area contributed by atoms with E-state index in [-0.39, 0.29) is 18.4 Å². The molecule has 220 valence electrons. The fourth-order valence-electron chi connectivity index (χ4n) is 4.75. The smallest absolute Gasteiger partial charge is 0.408 e. The lowest BCUT2D eigenvalue weighted by Crippen LogP contribution is -2.47. The molecule has 0 heterocycles. The van der Waals surface area contributed by atoms with Gasteiger partial charge in [0.05, 0.1) is 0 Å². The van der Waals surface area contributed by atoms with Crippen molar-refractivity contribution in [3.05, 3.63) is 64.2 Å². The molecule has 2 N–H and O–H groups in total. The zero-order valence-corrected chi connectivity index (χ0v) is 25.8. The normalized spacial score (nSPS) is 12.0. The summed E-state index contributed by atoms with van der Waals surface area (Å²) in [6.45, 7) is 15.5. The number of hydrogen-bond acceptors (Lipinski definition) is 4. The number of carbonyl (C=O) groups is 3. The molecular formula is C33H49N3O4. The van der Waals surface area contributed by atoms with Gasteiger partial charge in [0, 0.05) is 12.2 Å². The van der Waals surface area contributed by atoms with Gasteiger partial charge in [0.25, 0.3) is 5.91 Å². The number of unbranched alkanes of at least 4 members (excludes halogenated alkanes) is 5. The highest BCUT2D eigenvalue weighted by atomic mass is 16.6. The third-order valence-corrected chi connectivity index (χ3v) is 7.09. The van der Waals surface area contributed by atoms with Crippen LogP contribution in [0.4, 0.5) is 10.5 Å². The molecule has 0 spiro atoms. The Morgan fingerprint density at radius 3 is 2.05 bits per heavy atom. The second-order valence-electron chi connectivity index (χ2n) is 11.7. The van der Waals surface area contributed by atoms with Crippen LogP contribution >= 0.6 is 0 Å². The van der Waals surface area contributed by atoms with Gasteiger partial charge in [-0.3, -0.25) is 9.59 Å². The van der Waals surface area contributed by atoms with E-state index in [0.717, 1.165) is 65.6 Å². The Balaban J connectivity index is 2.44. The predicted octanol–water partition coefficient (Wildman–Crippen LogP) is 7.31. The first-order chi connectivity index (χ1) is 18.9. The summed E-state index contributed by atoms with van der Waals surface area (Å²) in [7, 11) is 0. The minimum absolute atomic E-state index is 0.261. The summed E-state index contributed by atoms with van der Waals surface area (Å²) < 4.78 is 5.34. The van der Waals surface area contributed by atoms with Crippen molar-refractivity contribution in [2.75, 3.05) is 18.4 Å². The Labute approximate surface area is 241 Å². The van der Waals surface area contributed by atoms with Crippen molar-refractivity contribution in [1.82, 2.24) is 10.2 Å². The van der Waals surface area contributed by atoms with E-state index >= 15 is 0 Å². The molecule has 2 aromatic carbocycles. The monoisotopic (exact) mass is 551 g/mol. The minimum atomic E-state index is -0.859. The molecule has 0 radical (unpaired) electrons. The van der Waals surface area contributed by atoms with E-state index in [1.807, 2.05) is 64.1 Å². The molecule has 0 bridgehead atoms. The molecule has 0 aliphatic rings. The fraction of sp³-hybridized carbons (Fsp3) is 0.545. The van der Waals surface area contributed by atoms with Crippen molar-refractivity contribution in [2.24, 2.45) is 0 Å². The average molecular weight is 552 g/mol. The number of anilines is 1. The van der Waals surface area contributed by atoms with E-state index in [1.165, 1.54) is 6.42 Å². The number of nitrogens with zero attached hydrogens (tertiary/aromatic N) is 1. The standard InChI is InChI=1S/C33H49N3O4/c1-9-10-11-12-13-14-21-36(28(37)22-34-32(39)40-33(6,7)8)30(27-20-16-17-23(2)26(27)5)31(38)35-29-24(3)18-15-19-25(29)4/h15-20,30H,9-14,21-22H2,1-8H3,(H,34,39)(H,35,38). The number of carbonyl (C=O) groups excluding carboxylic acids is 3.